The van der Waals surface area contributed by atoms with E-state index in [-0.39, 0.29) is 0 Å². The summed E-state index contributed by atoms with van der Waals surface area (Å²) in [5, 5.41) is 1.24. The van der Waals surface area contributed by atoms with Gasteiger partial charge in [0, 0.05) is 28.2 Å². The Morgan fingerprint density at radius 3 is 2.67 bits per heavy atom. The van der Waals surface area contributed by atoms with E-state index in [1.807, 2.05) is 6.92 Å². The van der Waals surface area contributed by atoms with E-state index in [2.05, 4.69) is 23.6 Å². The molecule has 1 fully saturated rings. The Morgan fingerprint density at radius 2 is 1.87 bits per heavy atom. The molecule has 0 amide bonds. The number of aryl methyl sites for hydroxylation is 2. The molecule has 3 heterocycles. The first-order chi connectivity index (χ1) is 14.7. The van der Waals surface area contributed by atoms with Crippen LogP contribution in [0.5, 0.6) is 5.75 Å². The third-order valence-corrected chi connectivity index (χ3v) is 7.35. The van der Waals surface area contributed by atoms with E-state index in [0.29, 0.717) is 6.04 Å². The number of ether oxygens (including phenoxy) is 1. The van der Waals surface area contributed by atoms with Gasteiger partial charge in [0.1, 0.15) is 11.4 Å². The SMILES string of the molecule is Cc1nc2c(c3c(n2C2CC2)CCCC3)c(-c2ccc3c(c2C)CCCO3)c1C=O. The van der Waals surface area contributed by atoms with Crippen LogP contribution in [0.2, 0.25) is 0 Å². The van der Waals surface area contributed by atoms with E-state index >= 15 is 0 Å². The second kappa shape index (κ2) is 6.69. The maximum Gasteiger partial charge on any atom is 0.152 e. The number of hydrogen-bond acceptors (Lipinski definition) is 3. The highest BCUT2D eigenvalue weighted by Gasteiger charge is 2.34. The number of nitrogens with zero attached hydrogens (tertiary/aromatic N) is 2. The summed E-state index contributed by atoms with van der Waals surface area (Å²) in [4.78, 5) is 17.3. The van der Waals surface area contributed by atoms with E-state index in [9.17, 15) is 4.79 Å². The van der Waals surface area contributed by atoms with Crippen LogP contribution in [0.3, 0.4) is 0 Å². The van der Waals surface area contributed by atoms with E-state index in [4.69, 9.17) is 9.72 Å². The van der Waals surface area contributed by atoms with Crippen LogP contribution in [0.25, 0.3) is 22.2 Å². The molecule has 0 N–H and O–H groups in total. The molecule has 0 bridgehead atoms. The molecule has 4 nitrogen and oxygen atoms in total. The lowest BCUT2D eigenvalue weighted by Crippen LogP contribution is -2.10. The Bertz CT molecular complexity index is 1200. The molecular formula is C26H28N2O2. The number of aromatic nitrogens is 2. The second-order valence-electron chi connectivity index (χ2n) is 9.20. The van der Waals surface area contributed by atoms with Crippen molar-refractivity contribution in [1.29, 1.82) is 0 Å². The number of pyridine rings is 1. The molecule has 1 aromatic carbocycles. The van der Waals surface area contributed by atoms with Crippen molar-refractivity contribution in [2.45, 2.75) is 71.3 Å². The summed E-state index contributed by atoms with van der Waals surface area (Å²) < 4.78 is 8.44. The molecule has 2 aromatic heterocycles. The van der Waals surface area contributed by atoms with Crippen LogP contribution in [-0.4, -0.2) is 22.4 Å². The molecule has 0 unspecified atom stereocenters. The molecular weight excluding hydrogens is 372 g/mol. The lowest BCUT2D eigenvalue weighted by atomic mass is 9.86. The van der Waals surface area contributed by atoms with Gasteiger partial charge >= 0.3 is 0 Å². The normalized spacial score (nSPS) is 18.1. The molecule has 4 heteroatoms. The first-order valence-electron chi connectivity index (χ1n) is 11.5. The fraction of sp³-hybridized carbons (Fsp3) is 0.462. The van der Waals surface area contributed by atoms with Crippen molar-refractivity contribution < 1.29 is 9.53 Å². The zero-order valence-corrected chi connectivity index (χ0v) is 17.9. The van der Waals surface area contributed by atoms with Crippen LogP contribution >= 0.6 is 0 Å². The Morgan fingerprint density at radius 1 is 1.07 bits per heavy atom. The van der Waals surface area contributed by atoms with Gasteiger partial charge in [-0.25, -0.2) is 4.98 Å². The van der Waals surface area contributed by atoms with Gasteiger partial charge in [-0.3, -0.25) is 4.79 Å². The number of benzene rings is 1. The maximum absolute atomic E-state index is 12.3. The number of rotatable bonds is 3. The van der Waals surface area contributed by atoms with Crippen molar-refractivity contribution in [3.05, 3.63) is 45.8 Å². The summed E-state index contributed by atoms with van der Waals surface area (Å²) in [5.41, 5.74) is 10.5. The highest BCUT2D eigenvalue weighted by molar-refractivity contribution is 6.06. The van der Waals surface area contributed by atoms with Crippen LogP contribution in [0.15, 0.2) is 12.1 Å². The minimum Gasteiger partial charge on any atom is -0.493 e. The standard InChI is InChI=1S/C26H28N2O2/c1-15-18-7-5-13-30-23(18)12-11-19(15)24-21(14-29)16(2)27-26-25(24)20-6-3-4-8-22(20)28(26)17-9-10-17/h11-12,14,17H,3-10,13H2,1-2H3. The van der Waals surface area contributed by atoms with E-state index < -0.39 is 0 Å². The molecule has 154 valence electrons. The first-order valence-corrected chi connectivity index (χ1v) is 11.5. The molecule has 0 saturated heterocycles. The Hall–Kier alpha value is -2.62. The molecule has 1 saturated carbocycles. The van der Waals surface area contributed by atoms with Crippen LogP contribution in [0.1, 0.15) is 76.6 Å². The molecule has 0 atom stereocenters. The smallest absolute Gasteiger partial charge is 0.152 e. The molecule has 3 aromatic rings. The van der Waals surface area contributed by atoms with Crippen LogP contribution in [-0.2, 0) is 19.3 Å². The number of aldehydes is 1. The number of carbonyl (C=O) groups excluding carboxylic acids is 1. The molecule has 2 aliphatic carbocycles. The summed E-state index contributed by atoms with van der Waals surface area (Å²) in [6, 6.07) is 4.87. The average Bonchev–Trinajstić information content (AvgIpc) is 3.55. The Balaban J connectivity index is 1.73. The monoisotopic (exact) mass is 400 g/mol. The number of fused-ring (bicyclic) bond motifs is 4. The van der Waals surface area contributed by atoms with Gasteiger partial charge in [-0.1, -0.05) is 6.07 Å². The van der Waals surface area contributed by atoms with E-state index in [1.54, 1.807) is 0 Å². The topological polar surface area (TPSA) is 44.1 Å². The average molecular weight is 401 g/mol. The number of hydrogen-bond donors (Lipinski definition) is 0. The van der Waals surface area contributed by atoms with Crippen LogP contribution in [0, 0.1) is 13.8 Å². The van der Waals surface area contributed by atoms with Gasteiger partial charge in [0.25, 0.3) is 0 Å². The second-order valence-corrected chi connectivity index (χ2v) is 9.20. The number of carbonyl (C=O) groups is 1. The fourth-order valence-corrected chi connectivity index (χ4v) is 5.74. The van der Waals surface area contributed by atoms with Gasteiger partial charge in [0.15, 0.2) is 6.29 Å². The van der Waals surface area contributed by atoms with E-state index in [1.165, 1.54) is 59.0 Å². The third-order valence-electron chi connectivity index (χ3n) is 7.35. The largest absolute Gasteiger partial charge is 0.493 e. The van der Waals surface area contributed by atoms with Gasteiger partial charge in [-0.05, 0) is 93.5 Å². The minimum absolute atomic E-state index is 0.592. The quantitative estimate of drug-likeness (QED) is 0.532. The third kappa shape index (κ3) is 2.52. The van der Waals surface area contributed by atoms with Gasteiger partial charge in [0.2, 0.25) is 0 Å². The van der Waals surface area contributed by atoms with Crippen molar-refractivity contribution >= 4 is 17.3 Å². The van der Waals surface area contributed by atoms with Crippen molar-refractivity contribution in [3.63, 3.8) is 0 Å². The van der Waals surface area contributed by atoms with Gasteiger partial charge in [0.05, 0.1) is 12.3 Å². The summed E-state index contributed by atoms with van der Waals surface area (Å²) in [6.07, 6.45) is 10.3. The Labute approximate surface area is 177 Å². The zero-order valence-electron chi connectivity index (χ0n) is 17.9. The summed E-state index contributed by atoms with van der Waals surface area (Å²) in [5.74, 6) is 1.01. The van der Waals surface area contributed by atoms with Gasteiger partial charge in [-0.2, -0.15) is 0 Å². The fourth-order valence-electron chi connectivity index (χ4n) is 5.74. The van der Waals surface area contributed by atoms with Crippen molar-refractivity contribution in [1.82, 2.24) is 9.55 Å². The molecule has 30 heavy (non-hydrogen) atoms. The van der Waals surface area contributed by atoms with Crippen LogP contribution in [0.4, 0.5) is 0 Å². The summed E-state index contributed by atoms with van der Waals surface area (Å²) in [6.45, 7) is 4.98. The lowest BCUT2D eigenvalue weighted by molar-refractivity contribution is 0.112. The Kier molecular flexibility index (Phi) is 4.06. The maximum atomic E-state index is 12.3. The van der Waals surface area contributed by atoms with Crippen molar-refractivity contribution in [2.24, 2.45) is 0 Å². The van der Waals surface area contributed by atoms with Crippen molar-refractivity contribution in [2.75, 3.05) is 6.61 Å². The molecule has 6 rings (SSSR count). The molecule has 1 aliphatic heterocycles. The highest BCUT2D eigenvalue weighted by atomic mass is 16.5. The predicted molar refractivity (Wildman–Crippen MR) is 119 cm³/mol. The minimum atomic E-state index is 0.592. The molecule has 3 aliphatic rings. The molecule has 0 spiro atoms. The molecule has 0 radical (unpaired) electrons. The van der Waals surface area contributed by atoms with Gasteiger partial charge < -0.3 is 9.30 Å². The first kappa shape index (κ1) is 18.2. The predicted octanol–water partition coefficient (Wildman–Crippen LogP) is 5.67. The van der Waals surface area contributed by atoms with E-state index in [0.717, 1.165) is 66.8 Å². The summed E-state index contributed by atoms with van der Waals surface area (Å²) in [7, 11) is 0. The van der Waals surface area contributed by atoms with Gasteiger partial charge in [-0.15, -0.1) is 0 Å². The van der Waals surface area contributed by atoms with Crippen LogP contribution < -0.4 is 4.74 Å². The highest BCUT2D eigenvalue weighted by Crippen LogP contribution is 2.47. The zero-order chi connectivity index (χ0) is 20.4. The lowest BCUT2D eigenvalue weighted by Gasteiger charge is -2.22. The summed E-state index contributed by atoms with van der Waals surface area (Å²) >= 11 is 0. The van der Waals surface area contributed by atoms with Crippen molar-refractivity contribution in [3.8, 4) is 16.9 Å².